The molecular formula is C19H19N5O3S. The van der Waals surface area contributed by atoms with Gasteiger partial charge in [0.2, 0.25) is 5.82 Å². The number of carbonyl (C=O) groups is 1. The normalized spacial score (nSPS) is 14.0. The zero-order chi connectivity index (χ0) is 19.7. The Bertz CT molecular complexity index is 1120. The molecule has 8 nitrogen and oxygen atoms in total. The van der Waals surface area contributed by atoms with E-state index in [1.807, 2.05) is 24.3 Å². The molecule has 0 fully saturated rings. The highest BCUT2D eigenvalue weighted by molar-refractivity contribution is 7.90. The van der Waals surface area contributed by atoms with Crippen LogP contribution in [0.25, 0.3) is 11.4 Å². The molecule has 0 saturated heterocycles. The Hall–Kier alpha value is -3.07. The second kappa shape index (κ2) is 7.16. The van der Waals surface area contributed by atoms with E-state index >= 15 is 0 Å². The lowest BCUT2D eigenvalue weighted by atomic mass is 10.0. The molecule has 1 aliphatic heterocycles. The first-order valence-electron chi connectivity index (χ1n) is 8.88. The highest BCUT2D eigenvalue weighted by atomic mass is 32.2. The average molecular weight is 397 g/mol. The van der Waals surface area contributed by atoms with E-state index in [0.29, 0.717) is 17.9 Å². The number of sulfone groups is 1. The average Bonchev–Trinajstić information content (AvgIpc) is 3.15. The molecule has 0 saturated carbocycles. The van der Waals surface area contributed by atoms with E-state index < -0.39 is 9.84 Å². The van der Waals surface area contributed by atoms with Gasteiger partial charge in [0, 0.05) is 24.1 Å². The number of aromatic nitrogens is 4. The number of hydrogen-bond donors (Lipinski definition) is 0. The minimum atomic E-state index is -3.26. The smallest absolute Gasteiger partial charge is 0.250 e. The first-order chi connectivity index (χ1) is 13.4. The Morgan fingerprint density at radius 2 is 1.86 bits per heavy atom. The Kier molecular flexibility index (Phi) is 4.68. The summed E-state index contributed by atoms with van der Waals surface area (Å²) in [7, 11) is -3.26. The third-order valence-electron chi connectivity index (χ3n) is 4.68. The second-order valence-corrected chi connectivity index (χ2v) is 8.73. The molecule has 0 spiro atoms. The molecular weight excluding hydrogens is 378 g/mol. The molecule has 1 aromatic heterocycles. The summed E-state index contributed by atoms with van der Waals surface area (Å²) in [6.45, 7) is 0.660. The summed E-state index contributed by atoms with van der Waals surface area (Å²) in [5.74, 6) is 0.246. The molecule has 0 atom stereocenters. The van der Waals surface area contributed by atoms with Crippen LogP contribution in [0.5, 0.6) is 0 Å². The van der Waals surface area contributed by atoms with Crippen LogP contribution in [0.1, 0.15) is 12.0 Å². The van der Waals surface area contributed by atoms with Crippen molar-refractivity contribution >= 4 is 21.4 Å². The lowest BCUT2D eigenvalue weighted by Crippen LogP contribution is -2.38. The third-order valence-corrected chi connectivity index (χ3v) is 5.81. The molecule has 0 unspecified atom stereocenters. The maximum atomic E-state index is 12.8. The van der Waals surface area contributed by atoms with Crippen molar-refractivity contribution in [2.75, 3.05) is 17.7 Å². The molecule has 1 amide bonds. The molecule has 9 heteroatoms. The highest BCUT2D eigenvalue weighted by Gasteiger charge is 2.23. The van der Waals surface area contributed by atoms with Crippen LogP contribution in [-0.4, -0.2) is 47.3 Å². The Balaban J connectivity index is 1.50. The standard InChI is InChI=1S/C19H19N5O3S/c1-28(26,27)16-10-8-15(9-11-16)19-20-22-24(21-19)13-18(25)23-12-4-6-14-5-2-3-7-17(14)23/h2-3,5,7-11H,4,6,12-13H2,1H3. The zero-order valence-corrected chi connectivity index (χ0v) is 16.1. The number of benzene rings is 2. The van der Waals surface area contributed by atoms with Crippen molar-refractivity contribution in [3.05, 3.63) is 54.1 Å². The number of hydrogen-bond acceptors (Lipinski definition) is 6. The van der Waals surface area contributed by atoms with Gasteiger partial charge < -0.3 is 4.90 Å². The number of carbonyl (C=O) groups excluding carboxylic acids is 1. The van der Waals surface area contributed by atoms with Gasteiger partial charge >= 0.3 is 0 Å². The fraction of sp³-hybridized carbons (Fsp3) is 0.263. The van der Waals surface area contributed by atoms with Crippen molar-refractivity contribution in [2.45, 2.75) is 24.3 Å². The van der Waals surface area contributed by atoms with Crippen LogP contribution in [-0.2, 0) is 27.6 Å². The number of aryl methyl sites for hydroxylation is 1. The van der Waals surface area contributed by atoms with Crippen molar-refractivity contribution in [1.82, 2.24) is 20.2 Å². The number of tetrazole rings is 1. The summed E-state index contributed by atoms with van der Waals surface area (Å²) in [5, 5.41) is 12.2. The summed E-state index contributed by atoms with van der Waals surface area (Å²) in [6.07, 6.45) is 3.04. The second-order valence-electron chi connectivity index (χ2n) is 6.72. The van der Waals surface area contributed by atoms with Gasteiger partial charge in [0.25, 0.3) is 5.91 Å². The van der Waals surface area contributed by atoms with Gasteiger partial charge in [-0.1, -0.05) is 18.2 Å². The van der Waals surface area contributed by atoms with Gasteiger partial charge in [-0.15, -0.1) is 10.2 Å². The van der Waals surface area contributed by atoms with Crippen molar-refractivity contribution in [3.63, 3.8) is 0 Å². The maximum Gasteiger partial charge on any atom is 0.250 e. The van der Waals surface area contributed by atoms with Crippen LogP contribution in [0.2, 0.25) is 0 Å². The number of rotatable bonds is 4. The van der Waals surface area contributed by atoms with Gasteiger partial charge in [-0.3, -0.25) is 4.79 Å². The van der Waals surface area contributed by atoms with Gasteiger partial charge in [-0.2, -0.15) is 4.80 Å². The summed E-state index contributed by atoms with van der Waals surface area (Å²) in [4.78, 5) is 16.0. The maximum absolute atomic E-state index is 12.8. The Morgan fingerprint density at radius 3 is 2.61 bits per heavy atom. The van der Waals surface area contributed by atoms with Crippen molar-refractivity contribution in [1.29, 1.82) is 0 Å². The quantitative estimate of drug-likeness (QED) is 0.665. The fourth-order valence-corrected chi connectivity index (χ4v) is 3.91. The van der Waals surface area contributed by atoms with Crippen molar-refractivity contribution < 1.29 is 13.2 Å². The van der Waals surface area contributed by atoms with E-state index in [9.17, 15) is 13.2 Å². The molecule has 28 heavy (non-hydrogen) atoms. The third kappa shape index (κ3) is 3.65. The van der Waals surface area contributed by atoms with E-state index in [4.69, 9.17) is 0 Å². The molecule has 2 aromatic carbocycles. The molecule has 2 heterocycles. The van der Waals surface area contributed by atoms with Gasteiger partial charge in [0.05, 0.1) is 4.90 Å². The van der Waals surface area contributed by atoms with Gasteiger partial charge in [0.1, 0.15) is 6.54 Å². The van der Waals surface area contributed by atoms with Crippen LogP contribution in [0.15, 0.2) is 53.4 Å². The number of fused-ring (bicyclic) bond motifs is 1. The SMILES string of the molecule is CS(=O)(=O)c1ccc(-c2nnn(CC(=O)N3CCCc4ccccc43)n2)cc1. The van der Waals surface area contributed by atoms with Gasteiger partial charge in [-0.05, 0) is 54.0 Å². The zero-order valence-electron chi connectivity index (χ0n) is 15.3. The Morgan fingerprint density at radius 1 is 1.11 bits per heavy atom. The first kappa shape index (κ1) is 18.3. The first-order valence-corrected chi connectivity index (χ1v) is 10.8. The molecule has 144 valence electrons. The van der Waals surface area contributed by atoms with Crippen LogP contribution in [0.3, 0.4) is 0 Å². The Labute approximate surface area is 162 Å². The predicted molar refractivity (Wildman–Crippen MR) is 103 cm³/mol. The van der Waals surface area contributed by atoms with Gasteiger partial charge in [-0.25, -0.2) is 8.42 Å². The number of para-hydroxylation sites is 1. The molecule has 0 radical (unpaired) electrons. The summed E-state index contributed by atoms with van der Waals surface area (Å²) < 4.78 is 23.1. The van der Waals surface area contributed by atoms with Crippen LogP contribution in [0.4, 0.5) is 5.69 Å². The van der Waals surface area contributed by atoms with E-state index in [-0.39, 0.29) is 17.3 Å². The highest BCUT2D eigenvalue weighted by Crippen LogP contribution is 2.26. The van der Waals surface area contributed by atoms with Crippen LogP contribution >= 0.6 is 0 Å². The summed E-state index contributed by atoms with van der Waals surface area (Å²) in [6, 6.07) is 14.2. The number of anilines is 1. The van der Waals surface area contributed by atoms with Crippen LogP contribution in [0, 0.1) is 0 Å². The van der Waals surface area contributed by atoms with Crippen molar-refractivity contribution in [2.24, 2.45) is 0 Å². The van der Waals surface area contributed by atoms with Gasteiger partial charge in [0.15, 0.2) is 9.84 Å². The minimum absolute atomic E-state index is 0.0112. The molecule has 0 bridgehead atoms. The predicted octanol–water partition coefficient (Wildman–Crippen LogP) is 1.72. The topological polar surface area (TPSA) is 98.0 Å². The molecule has 3 aromatic rings. The van der Waals surface area contributed by atoms with E-state index in [0.717, 1.165) is 24.8 Å². The summed E-state index contributed by atoms with van der Waals surface area (Å²) in [5.41, 5.74) is 2.74. The molecule has 0 aliphatic carbocycles. The molecule has 4 rings (SSSR count). The lowest BCUT2D eigenvalue weighted by Gasteiger charge is -2.29. The monoisotopic (exact) mass is 397 g/mol. The summed E-state index contributed by atoms with van der Waals surface area (Å²) >= 11 is 0. The largest absolute Gasteiger partial charge is 0.310 e. The minimum Gasteiger partial charge on any atom is -0.310 e. The van der Waals surface area contributed by atoms with E-state index in [1.165, 1.54) is 22.5 Å². The van der Waals surface area contributed by atoms with E-state index in [1.54, 1.807) is 17.0 Å². The number of amides is 1. The lowest BCUT2D eigenvalue weighted by molar-refractivity contribution is -0.119. The molecule has 0 N–H and O–H groups in total. The fourth-order valence-electron chi connectivity index (χ4n) is 3.28. The van der Waals surface area contributed by atoms with E-state index in [2.05, 4.69) is 15.4 Å². The van der Waals surface area contributed by atoms with Crippen molar-refractivity contribution in [3.8, 4) is 11.4 Å². The number of nitrogens with zero attached hydrogens (tertiary/aromatic N) is 5. The molecule has 1 aliphatic rings. The van der Waals surface area contributed by atoms with Crippen LogP contribution < -0.4 is 4.90 Å².